The quantitative estimate of drug-likeness (QED) is 0.778. The summed E-state index contributed by atoms with van der Waals surface area (Å²) < 4.78 is 5.80. The molecule has 0 unspecified atom stereocenters. The number of rotatable bonds is 1. The van der Waals surface area contributed by atoms with E-state index in [1.165, 1.54) is 0 Å². The topological polar surface area (TPSA) is 29.5 Å². The van der Waals surface area contributed by atoms with E-state index in [0.717, 1.165) is 17.0 Å². The Morgan fingerprint density at radius 3 is 2.50 bits per heavy atom. The zero-order valence-electron chi connectivity index (χ0n) is 11.4. The smallest absolute Gasteiger partial charge is 0.270 e. The van der Waals surface area contributed by atoms with E-state index in [-0.39, 0.29) is 5.91 Å². The van der Waals surface area contributed by atoms with E-state index in [1.807, 2.05) is 6.07 Å². The number of amides is 1. The Labute approximate surface area is 113 Å². The van der Waals surface area contributed by atoms with E-state index in [1.54, 1.807) is 31.9 Å². The first kappa shape index (κ1) is 13.2. The lowest BCUT2D eigenvalue weighted by atomic mass is 9.99. The maximum atomic E-state index is 12.1. The van der Waals surface area contributed by atoms with Crippen molar-refractivity contribution in [1.82, 2.24) is 0 Å². The molecule has 18 heavy (non-hydrogen) atoms. The van der Waals surface area contributed by atoms with Crippen molar-refractivity contribution in [2.45, 2.75) is 39.2 Å². The third-order valence-corrected chi connectivity index (χ3v) is 3.57. The Hall–Kier alpha value is -1.22. The number of nitrogens with zero attached hydrogens (tertiary/aromatic N) is 1. The van der Waals surface area contributed by atoms with Gasteiger partial charge < -0.3 is 9.64 Å². The van der Waals surface area contributed by atoms with Gasteiger partial charge in [0.2, 0.25) is 0 Å². The molecule has 0 N–H and O–H groups in total. The summed E-state index contributed by atoms with van der Waals surface area (Å²) in [4.78, 5) is 13.7. The monoisotopic (exact) mass is 267 g/mol. The molecule has 1 amide bonds. The summed E-state index contributed by atoms with van der Waals surface area (Å²) in [6.07, 6.45) is 0. The normalized spacial score (nSPS) is 17.7. The molecule has 0 spiro atoms. The summed E-state index contributed by atoms with van der Waals surface area (Å²) in [6.45, 7) is 7.71. The van der Waals surface area contributed by atoms with Gasteiger partial charge in [0.1, 0.15) is 5.75 Å². The Kier molecular flexibility index (Phi) is 3.06. The van der Waals surface area contributed by atoms with E-state index in [0.29, 0.717) is 10.9 Å². The first-order valence-electron chi connectivity index (χ1n) is 6.04. The Bertz CT molecular complexity index is 509. The van der Waals surface area contributed by atoms with Crippen molar-refractivity contribution < 1.29 is 9.53 Å². The van der Waals surface area contributed by atoms with E-state index < -0.39 is 5.60 Å². The first-order valence-corrected chi connectivity index (χ1v) is 6.42. The number of anilines is 1. The van der Waals surface area contributed by atoms with Crippen LogP contribution in [0.3, 0.4) is 0 Å². The van der Waals surface area contributed by atoms with Crippen LogP contribution in [0.25, 0.3) is 0 Å². The molecule has 3 nitrogen and oxygen atoms in total. The summed E-state index contributed by atoms with van der Waals surface area (Å²) in [6, 6.07) is 3.74. The van der Waals surface area contributed by atoms with Crippen LogP contribution in [0.15, 0.2) is 12.1 Å². The molecule has 1 aliphatic heterocycles. The van der Waals surface area contributed by atoms with Crippen molar-refractivity contribution in [2.75, 3.05) is 11.9 Å². The fourth-order valence-electron chi connectivity index (χ4n) is 2.18. The van der Waals surface area contributed by atoms with Gasteiger partial charge in [-0.25, -0.2) is 0 Å². The van der Waals surface area contributed by atoms with Gasteiger partial charge in [0.25, 0.3) is 5.91 Å². The van der Waals surface area contributed by atoms with Gasteiger partial charge in [-0.2, -0.15) is 0 Å². The molecule has 98 valence electrons. The van der Waals surface area contributed by atoms with Gasteiger partial charge in [0, 0.05) is 12.1 Å². The average molecular weight is 268 g/mol. The summed E-state index contributed by atoms with van der Waals surface area (Å²) in [5, 5.41) is 0.673. The van der Waals surface area contributed by atoms with Crippen molar-refractivity contribution in [3.05, 3.63) is 22.7 Å². The lowest BCUT2D eigenvalue weighted by Gasteiger charge is -2.37. The summed E-state index contributed by atoms with van der Waals surface area (Å²) in [7, 11) is 1.75. The number of hydrogen-bond donors (Lipinski definition) is 0. The summed E-state index contributed by atoms with van der Waals surface area (Å²) >= 11 is 6.25. The van der Waals surface area contributed by atoms with E-state index in [4.69, 9.17) is 16.3 Å². The number of carbonyl (C=O) groups is 1. The largest absolute Gasteiger partial charge is 0.476 e. The van der Waals surface area contributed by atoms with Crippen molar-refractivity contribution >= 4 is 23.2 Å². The predicted octanol–water partition coefficient (Wildman–Crippen LogP) is 3.60. The summed E-state index contributed by atoms with van der Waals surface area (Å²) in [5.74, 6) is 0.969. The highest BCUT2D eigenvalue weighted by Gasteiger charge is 2.39. The van der Waals surface area contributed by atoms with Crippen LogP contribution in [-0.4, -0.2) is 18.6 Å². The predicted molar refractivity (Wildman–Crippen MR) is 73.7 cm³/mol. The fraction of sp³-hybridized carbons (Fsp3) is 0.500. The van der Waals surface area contributed by atoms with Gasteiger partial charge in [-0.3, -0.25) is 4.79 Å². The summed E-state index contributed by atoms with van der Waals surface area (Å²) in [5.41, 5.74) is 0.937. The molecule has 0 bridgehead atoms. The van der Waals surface area contributed by atoms with Crippen LogP contribution in [0.2, 0.25) is 5.02 Å². The van der Waals surface area contributed by atoms with E-state index in [9.17, 15) is 4.79 Å². The molecule has 0 saturated heterocycles. The molecular weight excluding hydrogens is 250 g/mol. The average Bonchev–Trinajstić information content (AvgIpc) is 2.26. The SMILES string of the molecule is CC(C)c1cc2c(cc1Cl)N(C)C(=O)C(C)(C)O2. The third kappa shape index (κ3) is 1.97. The third-order valence-electron chi connectivity index (χ3n) is 3.25. The minimum Gasteiger partial charge on any atom is -0.476 e. The number of ether oxygens (including phenoxy) is 1. The van der Waals surface area contributed by atoms with Crippen LogP contribution >= 0.6 is 11.6 Å². The minimum atomic E-state index is -0.830. The fourth-order valence-corrected chi connectivity index (χ4v) is 2.55. The molecule has 1 aliphatic rings. The van der Waals surface area contributed by atoms with Crippen LogP contribution in [0.4, 0.5) is 5.69 Å². The Morgan fingerprint density at radius 2 is 1.94 bits per heavy atom. The van der Waals surface area contributed by atoms with Gasteiger partial charge in [0.15, 0.2) is 5.60 Å². The molecule has 4 heteroatoms. The van der Waals surface area contributed by atoms with Crippen LogP contribution < -0.4 is 9.64 Å². The van der Waals surface area contributed by atoms with Gasteiger partial charge in [-0.05, 0) is 37.5 Å². The highest BCUT2D eigenvalue weighted by atomic mass is 35.5. The molecule has 0 atom stereocenters. The maximum absolute atomic E-state index is 12.1. The number of hydrogen-bond acceptors (Lipinski definition) is 2. The first-order chi connectivity index (χ1) is 8.24. The van der Waals surface area contributed by atoms with E-state index in [2.05, 4.69) is 13.8 Å². The zero-order valence-corrected chi connectivity index (χ0v) is 12.1. The second-order valence-corrected chi connectivity index (χ2v) is 5.88. The standard InChI is InChI=1S/C14H18ClNO2/c1-8(2)9-6-12-11(7-10(9)15)16(5)13(17)14(3,4)18-12/h6-8H,1-5H3. The Morgan fingerprint density at radius 1 is 1.33 bits per heavy atom. The molecule has 2 rings (SSSR count). The molecule has 1 aromatic carbocycles. The number of fused-ring (bicyclic) bond motifs is 1. The molecular formula is C14H18ClNO2. The molecule has 0 aliphatic carbocycles. The second-order valence-electron chi connectivity index (χ2n) is 5.47. The minimum absolute atomic E-state index is 0.0663. The number of likely N-dealkylation sites (N-methyl/N-ethyl adjacent to an activating group) is 1. The Balaban J connectivity index is 2.58. The van der Waals surface area contributed by atoms with Crippen molar-refractivity contribution in [2.24, 2.45) is 0 Å². The van der Waals surface area contributed by atoms with Gasteiger partial charge >= 0.3 is 0 Å². The molecule has 1 heterocycles. The number of benzene rings is 1. The van der Waals surface area contributed by atoms with Gasteiger partial charge in [-0.1, -0.05) is 25.4 Å². The second kappa shape index (κ2) is 4.16. The van der Waals surface area contributed by atoms with Crippen molar-refractivity contribution in [1.29, 1.82) is 0 Å². The van der Waals surface area contributed by atoms with Gasteiger partial charge in [-0.15, -0.1) is 0 Å². The lowest BCUT2D eigenvalue weighted by Crippen LogP contribution is -2.50. The molecule has 0 radical (unpaired) electrons. The van der Waals surface area contributed by atoms with Crippen LogP contribution in [0.5, 0.6) is 5.75 Å². The van der Waals surface area contributed by atoms with Crippen molar-refractivity contribution in [3.63, 3.8) is 0 Å². The maximum Gasteiger partial charge on any atom is 0.270 e. The molecule has 1 aromatic rings. The highest BCUT2D eigenvalue weighted by molar-refractivity contribution is 6.32. The number of carbonyl (C=O) groups excluding carboxylic acids is 1. The molecule has 0 fully saturated rings. The van der Waals surface area contributed by atoms with Gasteiger partial charge in [0.05, 0.1) is 5.69 Å². The molecule has 0 saturated carbocycles. The van der Waals surface area contributed by atoms with Crippen LogP contribution in [-0.2, 0) is 4.79 Å². The molecule has 0 aromatic heterocycles. The van der Waals surface area contributed by atoms with E-state index >= 15 is 0 Å². The zero-order chi connectivity index (χ0) is 13.7. The highest BCUT2D eigenvalue weighted by Crippen LogP contribution is 2.41. The van der Waals surface area contributed by atoms with Crippen LogP contribution in [0, 0.1) is 0 Å². The van der Waals surface area contributed by atoms with Crippen molar-refractivity contribution in [3.8, 4) is 5.75 Å². The number of halogens is 1. The van der Waals surface area contributed by atoms with Crippen LogP contribution in [0.1, 0.15) is 39.2 Å². The lowest BCUT2D eigenvalue weighted by molar-refractivity contribution is -0.132.